The zero-order valence-corrected chi connectivity index (χ0v) is 19.3. The molecule has 1 aliphatic heterocycles. The molecule has 0 saturated carbocycles. The summed E-state index contributed by atoms with van der Waals surface area (Å²) >= 11 is 0. The maximum absolute atomic E-state index is 13.6. The number of fused-ring (bicyclic) bond motifs is 2. The first-order valence-electron chi connectivity index (χ1n) is 10.7. The molecule has 9 nitrogen and oxygen atoms in total. The lowest BCUT2D eigenvalue weighted by Crippen LogP contribution is -2.39. The Labute approximate surface area is 192 Å². The summed E-state index contributed by atoms with van der Waals surface area (Å²) < 4.78 is 44.1. The fourth-order valence-corrected chi connectivity index (χ4v) is 4.74. The van der Waals surface area contributed by atoms with Gasteiger partial charge in [0.1, 0.15) is 0 Å². The summed E-state index contributed by atoms with van der Waals surface area (Å²) in [5.41, 5.74) is 3.31. The van der Waals surface area contributed by atoms with Crippen molar-refractivity contribution in [2.45, 2.75) is 32.5 Å². The highest BCUT2D eigenvalue weighted by molar-refractivity contribution is 6.05. The Morgan fingerprint density at radius 1 is 1.09 bits per heavy atom. The van der Waals surface area contributed by atoms with Crippen LogP contribution in [-0.2, 0) is 33.7 Å². The largest absolute Gasteiger partial charge is 0.435 e. The van der Waals surface area contributed by atoms with Crippen molar-refractivity contribution in [1.29, 1.82) is 0 Å². The maximum Gasteiger partial charge on any atom is 0.435 e. The van der Waals surface area contributed by atoms with Crippen LogP contribution in [0.15, 0.2) is 18.3 Å². The lowest BCUT2D eigenvalue weighted by molar-refractivity contribution is -0.141. The van der Waals surface area contributed by atoms with Gasteiger partial charge in [0.05, 0.1) is 40.3 Å². The summed E-state index contributed by atoms with van der Waals surface area (Å²) in [5.74, 6) is -0.159. The van der Waals surface area contributed by atoms with Crippen molar-refractivity contribution in [2.75, 3.05) is 6.54 Å². The molecule has 178 valence electrons. The molecular weight excluding hydrogens is 449 g/mol. The Balaban J connectivity index is 1.54. The minimum atomic E-state index is -4.54. The van der Waals surface area contributed by atoms with Crippen LogP contribution >= 0.6 is 0 Å². The number of carbonyl (C=O) groups is 1. The second-order valence-electron chi connectivity index (χ2n) is 8.61. The Bertz CT molecular complexity index is 1440. The van der Waals surface area contributed by atoms with Crippen LogP contribution in [0.2, 0.25) is 0 Å². The molecule has 0 saturated heterocycles. The standard InChI is InChI=1S/C22H23F3N8O/c1-11-8-14(15-10-26-32(5)20(15)27-11)21(34)33-7-6-13-18(12(33)2)29-31(4)19(13)16-9-17(22(23,24)25)28-30(16)3/h8-10,12H,6-7H2,1-5H3. The molecule has 5 heterocycles. The van der Waals surface area contributed by atoms with Crippen molar-refractivity contribution >= 4 is 16.9 Å². The van der Waals surface area contributed by atoms with E-state index < -0.39 is 11.9 Å². The number of rotatable bonds is 2. The molecule has 0 fully saturated rings. The van der Waals surface area contributed by atoms with Gasteiger partial charge in [0.15, 0.2) is 11.3 Å². The molecule has 0 bridgehead atoms. The first kappa shape index (κ1) is 22.1. The predicted molar refractivity (Wildman–Crippen MR) is 117 cm³/mol. The van der Waals surface area contributed by atoms with E-state index in [2.05, 4.69) is 20.3 Å². The maximum atomic E-state index is 13.6. The quantitative estimate of drug-likeness (QED) is 0.447. The first-order valence-corrected chi connectivity index (χ1v) is 10.7. The molecule has 0 aromatic carbocycles. The number of aryl methyl sites for hydroxylation is 4. The van der Waals surface area contributed by atoms with Crippen molar-refractivity contribution in [3.8, 4) is 11.4 Å². The molecule has 1 atom stereocenters. The molecule has 0 spiro atoms. The van der Waals surface area contributed by atoms with E-state index in [1.807, 2.05) is 13.8 Å². The highest BCUT2D eigenvalue weighted by Gasteiger charge is 2.38. The fraction of sp³-hybridized carbons (Fsp3) is 0.409. The molecule has 1 amide bonds. The molecule has 1 aliphatic rings. The average molecular weight is 472 g/mol. The normalized spacial score (nSPS) is 16.4. The molecule has 0 radical (unpaired) electrons. The smallest absolute Gasteiger partial charge is 0.330 e. The Morgan fingerprint density at radius 2 is 1.82 bits per heavy atom. The SMILES string of the molecule is Cc1cc(C(=O)N2CCc3c(nn(C)c3-c3cc(C(F)(F)F)nn3C)C2C)c2cnn(C)c2n1. The third kappa shape index (κ3) is 3.27. The number of nitrogens with zero attached hydrogens (tertiary/aromatic N) is 8. The molecule has 12 heteroatoms. The highest BCUT2D eigenvalue weighted by Crippen LogP contribution is 2.38. The lowest BCUT2D eigenvalue weighted by atomic mass is 9.96. The monoisotopic (exact) mass is 472 g/mol. The number of alkyl halides is 3. The van der Waals surface area contributed by atoms with Gasteiger partial charge in [-0.05, 0) is 32.4 Å². The number of hydrogen-bond acceptors (Lipinski definition) is 5. The van der Waals surface area contributed by atoms with Gasteiger partial charge in [-0.1, -0.05) is 0 Å². The summed E-state index contributed by atoms with van der Waals surface area (Å²) in [6.45, 7) is 4.11. The topological polar surface area (TPSA) is 86.7 Å². The van der Waals surface area contributed by atoms with E-state index in [1.54, 1.807) is 40.6 Å². The van der Waals surface area contributed by atoms with Crippen LogP contribution in [0.3, 0.4) is 0 Å². The Hall–Kier alpha value is -3.70. The van der Waals surface area contributed by atoms with Gasteiger partial charge in [0.2, 0.25) is 0 Å². The second kappa shape index (κ2) is 7.40. The average Bonchev–Trinajstić information content (AvgIpc) is 3.42. The predicted octanol–water partition coefficient (Wildman–Crippen LogP) is 3.19. The summed E-state index contributed by atoms with van der Waals surface area (Å²) in [4.78, 5) is 19.8. The van der Waals surface area contributed by atoms with E-state index in [4.69, 9.17) is 0 Å². The summed E-state index contributed by atoms with van der Waals surface area (Å²) in [7, 11) is 4.95. The van der Waals surface area contributed by atoms with E-state index in [0.29, 0.717) is 52.3 Å². The molecule has 34 heavy (non-hydrogen) atoms. The zero-order valence-electron chi connectivity index (χ0n) is 19.3. The molecule has 5 rings (SSSR count). The van der Waals surface area contributed by atoms with Crippen LogP contribution in [0.1, 0.15) is 46.0 Å². The van der Waals surface area contributed by atoms with Crippen molar-refractivity contribution < 1.29 is 18.0 Å². The molecule has 4 aromatic heterocycles. The van der Waals surface area contributed by atoms with Crippen molar-refractivity contribution in [3.63, 3.8) is 0 Å². The summed E-state index contributed by atoms with van der Waals surface area (Å²) in [6, 6.07) is 2.43. The zero-order chi connectivity index (χ0) is 24.5. The number of pyridine rings is 1. The van der Waals surface area contributed by atoms with Crippen LogP contribution in [0.4, 0.5) is 13.2 Å². The van der Waals surface area contributed by atoms with Gasteiger partial charge < -0.3 is 4.90 Å². The molecule has 0 N–H and O–H groups in total. The second-order valence-corrected chi connectivity index (χ2v) is 8.61. The molecular formula is C22H23F3N8O. The minimum absolute atomic E-state index is 0.159. The summed E-state index contributed by atoms with van der Waals surface area (Å²) in [6.07, 6.45) is -2.44. The van der Waals surface area contributed by atoms with E-state index in [0.717, 1.165) is 11.6 Å². The highest BCUT2D eigenvalue weighted by atomic mass is 19.4. The van der Waals surface area contributed by atoms with Crippen molar-refractivity contribution in [1.82, 2.24) is 39.2 Å². The van der Waals surface area contributed by atoms with Crippen molar-refractivity contribution in [3.05, 3.63) is 46.5 Å². The van der Waals surface area contributed by atoms with Crippen LogP contribution in [0.5, 0.6) is 0 Å². The molecule has 1 unspecified atom stereocenters. The van der Waals surface area contributed by atoms with Gasteiger partial charge in [-0.15, -0.1) is 0 Å². The van der Waals surface area contributed by atoms with Gasteiger partial charge in [-0.3, -0.25) is 18.8 Å². The van der Waals surface area contributed by atoms with E-state index >= 15 is 0 Å². The van der Waals surface area contributed by atoms with Gasteiger partial charge >= 0.3 is 6.18 Å². The van der Waals surface area contributed by atoms with Gasteiger partial charge in [0.25, 0.3) is 5.91 Å². The Kier molecular flexibility index (Phi) is 4.81. The molecule has 4 aromatic rings. The third-order valence-electron chi connectivity index (χ3n) is 6.38. The van der Waals surface area contributed by atoms with Crippen LogP contribution in [-0.4, -0.2) is 51.7 Å². The number of halogens is 3. The lowest BCUT2D eigenvalue weighted by Gasteiger charge is -2.33. The Morgan fingerprint density at radius 3 is 2.50 bits per heavy atom. The van der Waals surface area contributed by atoms with E-state index in [9.17, 15) is 18.0 Å². The third-order valence-corrected chi connectivity index (χ3v) is 6.38. The van der Waals surface area contributed by atoms with Crippen LogP contribution < -0.4 is 0 Å². The fourth-order valence-electron chi connectivity index (χ4n) is 4.74. The number of aromatic nitrogens is 7. The minimum Gasteiger partial charge on any atom is -0.330 e. The van der Waals surface area contributed by atoms with Crippen LogP contribution in [0.25, 0.3) is 22.4 Å². The molecule has 0 aliphatic carbocycles. The van der Waals surface area contributed by atoms with Gasteiger partial charge in [-0.2, -0.15) is 28.5 Å². The summed E-state index contributed by atoms with van der Waals surface area (Å²) in [5, 5.41) is 13.2. The number of amides is 1. The van der Waals surface area contributed by atoms with Gasteiger partial charge in [-0.25, -0.2) is 4.98 Å². The number of carbonyl (C=O) groups excluding carboxylic acids is 1. The van der Waals surface area contributed by atoms with Gasteiger partial charge in [0, 0.05) is 38.9 Å². The van der Waals surface area contributed by atoms with E-state index in [-0.39, 0.29) is 11.9 Å². The first-order chi connectivity index (χ1) is 16.0. The van der Waals surface area contributed by atoms with E-state index in [1.165, 1.54) is 11.7 Å². The van der Waals surface area contributed by atoms with Crippen LogP contribution in [0, 0.1) is 6.92 Å². The number of hydrogen-bond donors (Lipinski definition) is 0. The van der Waals surface area contributed by atoms with Crippen molar-refractivity contribution in [2.24, 2.45) is 21.1 Å².